The van der Waals surface area contributed by atoms with Crippen molar-refractivity contribution in [3.05, 3.63) is 54.0 Å². The van der Waals surface area contributed by atoms with Gasteiger partial charge in [0.2, 0.25) is 0 Å². The van der Waals surface area contributed by atoms with E-state index in [4.69, 9.17) is 4.42 Å². The lowest BCUT2D eigenvalue weighted by Crippen LogP contribution is -2.47. The maximum atomic E-state index is 12.8. The van der Waals surface area contributed by atoms with Crippen molar-refractivity contribution in [1.82, 2.24) is 10.2 Å². The Bertz CT molecular complexity index is 678. The fraction of sp³-hybridized carbons (Fsp3) is 0.421. The lowest BCUT2D eigenvalue weighted by molar-refractivity contribution is 0.0816. The topological polar surface area (TPSA) is 85.9 Å². The Morgan fingerprint density at radius 3 is 2.68 bits per heavy atom. The maximum absolute atomic E-state index is 12.8. The van der Waals surface area contributed by atoms with Crippen LogP contribution in [0.4, 0.5) is 4.79 Å². The molecule has 6 heteroatoms. The number of urea groups is 1. The first-order valence-electron chi connectivity index (χ1n) is 8.64. The second-order valence-electron chi connectivity index (χ2n) is 6.50. The van der Waals surface area contributed by atoms with Gasteiger partial charge in [-0.15, -0.1) is 0 Å². The summed E-state index contributed by atoms with van der Waals surface area (Å²) in [6.07, 6.45) is 4.25. The van der Waals surface area contributed by atoms with Gasteiger partial charge in [0.05, 0.1) is 18.9 Å². The maximum Gasteiger partial charge on any atom is 0.318 e. The Hall–Kier alpha value is -2.47. The summed E-state index contributed by atoms with van der Waals surface area (Å²) in [7, 11) is 0. The number of phenols is 1. The van der Waals surface area contributed by atoms with E-state index in [1.807, 2.05) is 12.1 Å². The minimum Gasteiger partial charge on any atom is -0.508 e. The molecule has 0 radical (unpaired) electrons. The Morgan fingerprint density at radius 1 is 1.20 bits per heavy atom. The zero-order valence-electron chi connectivity index (χ0n) is 14.1. The number of carbonyl (C=O) groups is 1. The standard InChI is InChI=1S/C19H24N2O4/c22-16-8-6-15(7-9-16)21(13-14-3-1-4-17(23)11-14)19(24)20-12-18-5-2-10-25-18/h1-5,10-11,15-16,22-23H,6-9,12-13H2,(H,20,24). The Balaban J connectivity index is 1.69. The quantitative estimate of drug-likeness (QED) is 0.778. The molecular formula is C19H24N2O4. The van der Waals surface area contributed by atoms with Gasteiger partial charge in [0.15, 0.2) is 0 Å². The molecule has 1 heterocycles. The smallest absolute Gasteiger partial charge is 0.318 e. The van der Waals surface area contributed by atoms with Crippen LogP contribution in [0.1, 0.15) is 37.0 Å². The fourth-order valence-electron chi connectivity index (χ4n) is 3.27. The monoisotopic (exact) mass is 344 g/mol. The van der Waals surface area contributed by atoms with Crippen molar-refractivity contribution in [3.63, 3.8) is 0 Å². The third kappa shape index (κ3) is 4.76. The summed E-state index contributed by atoms with van der Waals surface area (Å²) in [5, 5.41) is 22.3. The second kappa shape index (κ2) is 8.07. The molecule has 1 fully saturated rings. The molecule has 0 spiro atoms. The third-order valence-electron chi connectivity index (χ3n) is 4.63. The predicted octanol–water partition coefficient (Wildman–Crippen LogP) is 3.00. The number of benzene rings is 1. The number of hydrogen-bond donors (Lipinski definition) is 3. The highest BCUT2D eigenvalue weighted by atomic mass is 16.3. The number of hydrogen-bond acceptors (Lipinski definition) is 4. The summed E-state index contributed by atoms with van der Waals surface area (Å²) in [5.41, 5.74) is 0.874. The number of amides is 2. The molecule has 3 rings (SSSR count). The summed E-state index contributed by atoms with van der Waals surface area (Å²) in [6.45, 7) is 0.747. The highest BCUT2D eigenvalue weighted by Crippen LogP contribution is 2.25. The van der Waals surface area contributed by atoms with Crippen LogP contribution < -0.4 is 5.32 Å². The van der Waals surface area contributed by atoms with Gasteiger partial charge in [-0.1, -0.05) is 12.1 Å². The molecule has 134 valence electrons. The number of aliphatic hydroxyl groups is 1. The largest absolute Gasteiger partial charge is 0.508 e. The van der Waals surface area contributed by atoms with E-state index < -0.39 is 0 Å². The van der Waals surface area contributed by atoms with Crippen LogP contribution >= 0.6 is 0 Å². The number of carbonyl (C=O) groups excluding carboxylic acids is 1. The first-order valence-corrected chi connectivity index (χ1v) is 8.64. The van der Waals surface area contributed by atoms with E-state index in [0.717, 1.165) is 18.4 Å². The average molecular weight is 344 g/mol. The SMILES string of the molecule is O=C(NCc1ccco1)N(Cc1cccc(O)c1)C1CCC(O)CC1. The van der Waals surface area contributed by atoms with Gasteiger partial charge < -0.3 is 24.8 Å². The van der Waals surface area contributed by atoms with Crippen molar-refractivity contribution in [1.29, 1.82) is 0 Å². The van der Waals surface area contributed by atoms with Gasteiger partial charge in [-0.25, -0.2) is 4.79 Å². The third-order valence-corrected chi connectivity index (χ3v) is 4.63. The van der Waals surface area contributed by atoms with E-state index in [1.54, 1.807) is 35.4 Å². The summed E-state index contributed by atoms with van der Waals surface area (Å²) in [5.74, 6) is 0.886. The van der Waals surface area contributed by atoms with E-state index in [-0.39, 0.29) is 23.9 Å². The molecule has 1 saturated carbocycles. The minimum atomic E-state index is -0.273. The molecule has 25 heavy (non-hydrogen) atoms. The van der Waals surface area contributed by atoms with Gasteiger partial charge in [-0.05, 0) is 55.5 Å². The molecule has 1 aromatic carbocycles. The number of furan rings is 1. The van der Waals surface area contributed by atoms with Crippen LogP contribution in [0.25, 0.3) is 0 Å². The van der Waals surface area contributed by atoms with Crippen LogP contribution in [0.3, 0.4) is 0 Å². The van der Waals surface area contributed by atoms with Crippen LogP contribution in [-0.2, 0) is 13.1 Å². The van der Waals surface area contributed by atoms with E-state index in [0.29, 0.717) is 31.7 Å². The fourth-order valence-corrected chi connectivity index (χ4v) is 3.27. The first kappa shape index (κ1) is 17.4. The second-order valence-corrected chi connectivity index (χ2v) is 6.50. The van der Waals surface area contributed by atoms with Crippen molar-refractivity contribution in [2.45, 2.75) is 50.9 Å². The molecule has 0 aliphatic heterocycles. The number of nitrogens with zero attached hydrogens (tertiary/aromatic N) is 1. The van der Waals surface area contributed by atoms with Gasteiger partial charge in [-0.2, -0.15) is 0 Å². The van der Waals surface area contributed by atoms with Gasteiger partial charge in [0.1, 0.15) is 11.5 Å². The van der Waals surface area contributed by atoms with E-state index in [2.05, 4.69) is 5.32 Å². The minimum absolute atomic E-state index is 0.0716. The molecule has 0 saturated heterocycles. The zero-order valence-corrected chi connectivity index (χ0v) is 14.1. The van der Waals surface area contributed by atoms with E-state index in [1.165, 1.54) is 0 Å². The number of nitrogens with one attached hydrogen (secondary N) is 1. The van der Waals surface area contributed by atoms with Gasteiger partial charge >= 0.3 is 6.03 Å². The molecule has 3 N–H and O–H groups in total. The molecule has 1 aliphatic rings. The first-order chi connectivity index (χ1) is 12.1. The summed E-state index contributed by atoms with van der Waals surface area (Å²) in [4.78, 5) is 14.6. The van der Waals surface area contributed by atoms with Gasteiger partial charge in [0.25, 0.3) is 0 Å². The zero-order chi connectivity index (χ0) is 17.6. The van der Waals surface area contributed by atoms with Crippen molar-refractivity contribution < 1.29 is 19.4 Å². The highest BCUT2D eigenvalue weighted by molar-refractivity contribution is 5.74. The Morgan fingerprint density at radius 2 is 2.00 bits per heavy atom. The molecule has 2 aromatic rings. The molecular weight excluding hydrogens is 320 g/mol. The Kier molecular flexibility index (Phi) is 5.60. The van der Waals surface area contributed by atoms with Crippen molar-refractivity contribution >= 4 is 6.03 Å². The van der Waals surface area contributed by atoms with Gasteiger partial charge in [0, 0.05) is 12.6 Å². The number of aliphatic hydroxyl groups excluding tert-OH is 1. The normalized spacial score (nSPS) is 20.2. The van der Waals surface area contributed by atoms with Crippen molar-refractivity contribution in [3.8, 4) is 5.75 Å². The highest BCUT2D eigenvalue weighted by Gasteiger charge is 2.28. The van der Waals surface area contributed by atoms with Crippen molar-refractivity contribution in [2.24, 2.45) is 0 Å². The molecule has 6 nitrogen and oxygen atoms in total. The van der Waals surface area contributed by atoms with Crippen LogP contribution in [0, 0.1) is 0 Å². The van der Waals surface area contributed by atoms with Gasteiger partial charge in [-0.3, -0.25) is 0 Å². The molecule has 1 aliphatic carbocycles. The van der Waals surface area contributed by atoms with E-state index >= 15 is 0 Å². The average Bonchev–Trinajstić information content (AvgIpc) is 3.12. The van der Waals surface area contributed by atoms with Crippen LogP contribution in [-0.4, -0.2) is 33.3 Å². The lowest BCUT2D eigenvalue weighted by Gasteiger charge is -2.35. The summed E-state index contributed by atoms with van der Waals surface area (Å²) < 4.78 is 5.26. The molecule has 0 bridgehead atoms. The predicted molar refractivity (Wildman–Crippen MR) is 92.9 cm³/mol. The van der Waals surface area contributed by atoms with Crippen LogP contribution in [0.15, 0.2) is 47.1 Å². The van der Waals surface area contributed by atoms with Crippen LogP contribution in [0.2, 0.25) is 0 Å². The summed E-state index contributed by atoms with van der Waals surface area (Å²) >= 11 is 0. The molecule has 0 atom stereocenters. The van der Waals surface area contributed by atoms with E-state index in [9.17, 15) is 15.0 Å². The summed E-state index contributed by atoms with van der Waals surface area (Å²) in [6, 6.07) is 10.5. The van der Waals surface area contributed by atoms with Crippen molar-refractivity contribution in [2.75, 3.05) is 0 Å². The Labute approximate surface area is 147 Å². The van der Waals surface area contributed by atoms with Crippen LogP contribution in [0.5, 0.6) is 5.75 Å². The molecule has 0 unspecified atom stereocenters. The lowest BCUT2D eigenvalue weighted by atomic mass is 9.92. The molecule has 1 aromatic heterocycles. The number of phenolic OH excluding ortho intramolecular Hbond substituents is 1. The number of aromatic hydroxyl groups is 1. The number of rotatable bonds is 5. The molecule has 2 amide bonds.